The van der Waals surface area contributed by atoms with Crippen LogP contribution in [0, 0.1) is 21.4 Å². The van der Waals surface area contributed by atoms with Gasteiger partial charge in [0, 0.05) is 13.1 Å². The van der Waals surface area contributed by atoms with Crippen molar-refractivity contribution in [2.24, 2.45) is 11.7 Å². The molecule has 1 fully saturated rings. The van der Waals surface area contributed by atoms with Gasteiger partial charge < -0.3 is 21.1 Å². The molecule has 1 rings (SSSR count). The number of carboxylic acid groups (broad SMARTS) is 1. The molecule has 1 aliphatic heterocycles. The first-order valence-electron chi connectivity index (χ1n) is 7.74. The molecule has 0 aliphatic carbocycles. The summed E-state index contributed by atoms with van der Waals surface area (Å²) in [4.78, 5) is 35.1. The smallest absolute Gasteiger partial charge is 0.326 e. The van der Waals surface area contributed by atoms with Crippen LogP contribution in [-0.2, 0) is 9.59 Å². The van der Waals surface area contributed by atoms with Gasteiger partial charge in [0.05, 0.1) is 6.04 Å². The summed E-state index contributed by atoms with van der Waals surface area (Å²) in [6, 6.07) is -1.68. The fourth-order valence-corrected chi connectivity index (χ4v) is 2.64. The van der Waals surface area contributed by atoms with Crippen LogP contribution < -0.4 is 16.5 Å². The lowest BCUT2D eigenvalue weighted by molar-refractivity contribution is -0.525. The third kappa shape index (κ3) is 5.99. The van der Waals surface area contributed by atoms with Crippen molar-refractivity contribution in [1.29, 1.82) is 5.41 Å². The van der Waals surface area contributed by atoms with Gasteiger partial charge in [-0.25, -0.2) is 14.9 Å². The Morgan fingerprint density at radius 3 is 2.79 bits per heavy atom. The Labute approximate surface area is 139 Å². The van der Waals surface area contributed by atoms with Crippen LogP contribution in [0.5, 0.6) is 0 Å². The van der Waals surface area contributed by atoms with Crippen molar-refractivity contribution in [2.45, 2.75) is 44.7 Å². The molecule has 0 spiro atoms. The number of guanidine groups is 1. The number of carboxylic acids is 1. The lowest BCUT2D eigenvalue weighted by Crippen LogP contribution is -2.54. The predicted molar refractivity (Wildman–Crippen MR) is 84.6 cm³/mol. The van der Waals surface area contributed by atoms with E-state index < -0.39 is 35.0 Å². The van der Waals surface area contributed by atoms with Gasteiger partial charge in [0.1, 0.15) is 6.04 Å². The van der Waals surface area contributed by atoms with Crippen LogP contribution in [0.1, 0.15) is 32.6 Å². The van der Waals surface area contributed by atoms with E-state index in [4.69, 9.17) is 11.1 Å². The molecule has 1 unspecified atom stereocenters. The number of hydrogen-bond acceptors (Lipinski definition) is 6. The first-order chi connectivity index (χ1) is 11.2. The maximum absolute atomic E-state index is 12.4. The number of amides is 1. The standard InChI is InChI=1S/C13H24N6O5/c1-8-4-6-18(10(7-8)12(21)22)11(20)9(14)3-2-5-16-13(15)17-19(23)24/h8-10H,2-7,14H2,1H3,(H,21,22)(H3,15,16,17)/t8?,9-,10-/m0/s1. The zero-order valence-electron chi connectivity index (χ0n) is 13.5. The summed E-state index contributed by atoms with van der Waals surface area (Å²) in [5.74, 6) is -1.62. The van der Waals surface area contributed by atoms with Crippen LogP contribution >= 0.6 is 0 Å². The van der Waals surface area contributed by atoms with Crippen molar-refractivity contribution in [2.75, 3.05) is 13.1 Å². The van der Waals surface area contributed by atoms with E-state index in [9.17, 15) is 24.8 Å². The zero-order chi connectivity index (χ0) is 18.3. The molecule has 0 saturated carbocycles. The highest BCUT2D eigenvalue weighted by atomic mass is 16.7. The summed E-state index contributed by atoms with van der Waals surface area (Å²) < 4.78 is 0. The number of hydrazine groups is 1. The van der Waals surface area contributed by atoms with Crippen molar-refractivity contribution in [3.63, 3.8) is 0 Å². The Kier molecular flexibility index (Phi) is 7.36. The number of nitrogens with two attached hydrogens (primary N) is 1. The van der Waals surface area contributed by atoms with Gasteiger partial charge in [-0.2, -0.15) is 0 Å². The van der Waals surface area contributed by atoms with Crippen molar-refractivity contribution in [3.05, 3.63) is 10.1 Å². The number of likely N-dealkylation sites (tertiary alicyclic amines) is 1. The highest BCUT2D eigenvalue weighted by Crippen LogP contribution is 2.23. The van der Waals surface area contributed by atoms with Gasteiger partial charge in [-0.05, 0) is 31.6 Å². The molecule has 1 aliphatic rings. The van der Waals surface area contributed by atoms with Crippen molar-refractivity contribution in [3.8, 4) is 0 Å². The van der Waals surface area contributed by atoms with Crippen LogP contribution in [0.4, 0.5) is 0 Å². The highest BCUT2D eigenvalue weighted by Gasteiger charge is 2.36. The van der Waals surface area contributed by atoms with Gasteiger partial charge in [-0.1, -0.05) is 12.3 Å². The molecule has 0 aromatic carbocycles. The van der Waals surface area contributed by atoms with E-state index in [2.05, 4.69) is 5.32 Å². The SMILES string of the molecule is CC1CCN(C(=O)[C@@H](N)CCCNC(=N)N[N+](=O)[O-])[C@H](C(=O)O)C1. The summed E-state index contributed by atoms with van der Waals surface area (Å²) in [5, 5.41) is 28.2. The Bertz CT molecular complexity index is 499. The Morgan fingerprint density at radius 2 is 2.21 bits per heavy atom. The quantitative estimate of drug-likeness (QED) is 0.130. The molecular formula is C13H24N6O5. The van der Waals surface area contributed by atoms with Gasteiger partial charge in [-0.3, -0.25) is 10.2 Å². The molecule has 0 radical (unpaired) electrons. The number of nitrogens with one attached hydrogen (secondary N) is 3. The largest absolute Gasteiger partial charge is 0.480 e. The molecule has 1 amide bonds. The zero-order valence-corrected chi connectivity index (χ0v) is 13.5. The first-order valence-corrected chi connectivity index (χ1v) is 7.74. The van der Waals surface area contributed by atoms with Crippen molar-refractivity contribution >= 4 is 17.8 Å². The summed E-state index contributed by atoms with van der Waals surface area (Å²) >= 11 is 0. The molecular weight excluding hydrogens is 320 g/mol. The number of carbonyl (C=O) groups excluding carboxylic acids is 1. The van der Waals surface area contributed by atoms with Crippen LogP contribution in [0.15, 0.2) is 0 Å². The number of piperidine rings is 1. The summed E-state index contributed by atoms with van der Waals surface area (Å²) in [7, 11) is 0. The molecule has 6 N–H and O–H groups in total. The minimum absolute atomic E-state index is 0.236. The van der Waals surface area contributed by atoms with E-state index in [1.54, 1.807) is 5.43 Å². The molecule has 11 heteroatoms. The molecule has 3 atom stereocenters. The van der Waals surface area contributed by atoms with Crippen LogP contribution in [0.2, 0.25) is 0 Å². The molecule has 1 heterocycles. The summed E-state index contributed by atoms with van der Waals surface area (Å²) in [6.45, 7) is 2.57. The molecule has 0 bridgehead atoms. The fraction of sp³-hybridized carbons (Fsp3) is 0.769. The van der Waals surface area contributed by atoms with E-state index in [-0.39, 0.29) is 18.9 Å². The third-order valence-corrected chi connectivity index (χ3v) is 3.95. The van der Waals surface area contributed by atoms with E-state index in [1.165, 1.54) is 4.90 Å². The number of nitro groups is 1. The van der Waals surface area contributed by atoms with Gasteiger partial charge in [-0.15, -0.1) is 0 Å². The monoisotopic (exact) mass is 344 g/mol. The summed E-state index contributed by atoms with van der Waals surface area (Å²) in [6.07, 6.45) is 1.86. The van der Waals surface area contributed by atoms with E-state index in [1.807, 2.05) is 6.92 Å². The number of carbonyl (C=O) groups is 2. The minimum Gasteiger partial charge on any atom is -0.480 e. The molecule has 136 valence electrons. The predicted octanol–water partition coefficient (Wildman–Crippen LogP) is -0.889. The minimum atomic E-state index is -1.02. The van der Waals surface area contributed by atoms with Crippen molar-refractivity contribution < 1.29 is 19.7 Å². The highest BCUT2D eigenvalue weighted by molar-refractivity contribution is 5.87. The topological polar surface area (TPSA) is 175 Å². The molecule has 0 aromatic heterocycles. The fourth-order valence-electron chi connectivity index (χ4n) is 2.64. The number of rotatable bonds is 7. The van der Waals surface area contributed by atoms with Crippen LogP contribution in [0.3, 0.4) is 0 Å². The number of nitrogens with zero attached hydrogens (tertiary/aromatic N) is 2. The Morgan fingerprint density at radius 1 is 1.54 bits per heavy atom. The van der Waals surface area contributed by atoms with Gasteiger partial charge >= 0.3 is 5.97 Å². The molecule has 11 nitrogen and oxygen atoms in total. The van der Waals surface area contributed by atoms with Gasteiger partial charge in [0.2, 0.25) is 5.91 Å². The lowest BCUT2D eigenvalue weighted by Gasteiger charge is -2.37. The first kappa shape index (κ1) is 19.6. The average molecular weight is 344 g/mol. The maximum atomic E-state index is 12.4. The van der Waals surface area contributed by atoms with Gasteiger partial charge in [0.15, 0.2) is 5.03 Å². The van der Waals surface area contributed by atoms with Gasteiger partial charge in [0.25, 0.3) is 5.96 Å². The second-order valence-electron chi connectivity index (χ2n) is 5.93. The second kappa shape index (κ2) is 9.01. The lowest BCUT2D eigenvalue weighted by atomic mass is 9.91. The maximum Gasteiger partial charge on any atom is 0.326 e. The molecule has 0 aromatic rings. The number of aliphatic carboxylic acids is 1. The number of hydrogen-bond donors (Lipinski definition) is 5. The third-order valence-electron chi connectivity index (χ3n) is 3.95. The Balaban J connectivity index is 2.42. The van der Waals surface area contributed by atoms with Crippen LogP contribution in [-0.4, -0.2) is 58.0 Å². The van der Waals surface area contributed by atoms with E-state index >= 15 is 0 Å². The molecule has 24 heavy (non-hydrogen) atoms. The molecule has 1 saturated heterocycles. The second-order valence-corrected chi connectivity index (χ2v) is 5.93. The normalized spacial score (nSPS) is 21.7. The average Bonchev–Trinajstić information content (AvgIpc) is 2.49. The van der Waals surface area contributed by atoms with E-state index in [0.717, 1.165) is 6.42 Å². The van der Waals surface area contributed by atoms with Crippen LogP contribution in [0.25, 0.3) is 0 Å². The Hall–Kier alpha value is -2.43. The summed E-state index contributed by atoms with van der Waals surface area (Å²) in [5.41, 5.74) is 7.50. The van der Waals surface area contributed by atoms with E-state index in [0.29, 0.717) is 19.4 Å². The van der Waals surface area contributed by atoms with Crippen molar-refractivity contribution in [1.82, 2.24) is 15.6 Å².